The summed E-state index contributed by atoms with van der Waals surface area (Å²) in [6.45, 7) is 2.39. The standard InChI is InChI=1S/C21H17F3N6O3S/c1-11-9-14-16(29-7-8-30-15(10-29)27-28-19(30)21(22,23)24)25-20(26-17(14)34-11)33-13-5-3-12(4-6-13)18(31)32-2/h3-6,9H,7-8,10H2,1-2H3. The van der Waals surface area contributed by atoms with E-state index in [1.54, 1.807) is 24.3 Å². The maximum absolute atomic E-state index is 13.2. The number of carbonyl (C=O) groups excluding carboxylic acids is 1. The van der Waals surface area contributed by atoms with Crippen LogP contribution in [0.4, 0.5) is 19.0 Å². The van der Waals surface area contributed by atoms with Gasteiger partial charge in [0, 0.05) is 18.0 Å². The Morgan fingerprint density at radius 3 is 2.59 bits per heavy atom. The van der Waals surface area contributed by atoms with Crippen molar-refractivity contribution in [3.8, 4) is 11.8 Å². The summed E-state index contributed by atoms with van der Waals surface area (Å²) in [6.07, 6.45) is -4.56. The predicted molar refractivity (Wildman–Crippen MR) is 116 cm³/mol. The Balaban J connectivity index is 1.47. The van der Waals surface area contributed by atoms with E-state index in [0.717, 1.165) is 14.8 Å². The number of nitrogens with zero attached hydrogens (tertiary/aromatic N) is 6. The Bertz CT molecular complexity index is 1380. The van der Waals surface area contributed by atoms with Crippen molar-refractivity contribution < 1.29 is 27.4 Å². The third-order valence-corrected chi connectivity index (χ3v) is 6.21. The molecule has 5 rings (SSSR count). The maximum Gasteiger partial charge on any atom is 0.451 e. The minimum Gasteiger partial charge on any atom is -0.465 e. The summed E-state index contributed by atoms with van der Waals surface area (Å²) in [5.74, 6) is -0.302. The summed E-state index contributed by atoms with van der Waals surface area (Å²) >= 11 is 1.46. The van der Waals surface area contributed by atoms with E-state index in [2.05, 4.69) is 20.2 Å². The molecule has 0 fully saturated rings. The Morgan fingerprint density at radius 2 is 1.88 bits per heavy atom. The number of methoxy groups -OCH3 is 1. The highest BCUT2D eigenvalue weighted by Crippen LogP contribution is 2.36. The number of anilines is 1. The Kier molecular flexibility index (Phi) is 5.35. The lowest BCUT2D eigenvalue weighted by molar-refractivity contribution is -0.147. The van der Waals surface area contributed by atoms with Crippen molar-refractivity contribution in [2.24, 2.45) is 0 Å². The van der Waals surface area contributed by atoms with Gasteiger partial charge in [-0.05, 0) is 37.3 Å². The summed E-state index contributed by atoms with van der Waals surface area (Å²) < 4.78 is 51.2. The molecule has 0 unspecified atom stereocenters. The van der Waals surface area contributed by atoms with Gasteiger partial charge in [-0.2, -0.15) is 23.1 Å². The van der Waals surface area contributed by atoms with Crippen LogP contribution in [0.3, 0.4) is 0 Å². The number of esters is 1. The lowest BCUT2D eigenvalue weighted by atomic mass is 10.2. The van der Waals surface area contributed by atoms with Gasteiger partial charge in [-0.3, -0.25) is 0 Å². The van der Waals surface area contributed by atoms with Gasteiger partial charge in [0.15, 0.2) is 5.82 Å². The van der Waals surface area contributed by atoms with Crippen LogP contribution in [-0.2, 0) is 24.0 Å². The van der Waals surface area contributed by atoms with Crippen LogP contribution >= 0.6 is 11.3 Å². The van der Waals surface area contributed by atoms with E-state index in [1.165, 1.54) is 18.4 Å². The van der Waals surface area contributed by atoms with Crippen molar-refractivity contribution in [3.63, 3.8) is 0 Å². The molecule has 4 heterocycles. The monoisotopic (exact) mass is 490 g/mol. The predicted octanol–water partition coefficient (Wildman–Crippen LogP) is 4.21. The van der Waals surface area contributed by atoms with Crippen LogP contribution < -0.4 is 9.64 Å². The molecule has 0 saturated heterocycles. The van der Waals surface area contributed by atoms with E-state index in [1.807, 2.05) is 17.9 Å². The second-order valence-electron chi connectivity index (χ2n) is 7.53. The minimum atomic E-state index is -4.56. The lowest BCUT2D eigenvalue weighted by Crippen LogP contribution is -2.36. The lowest BCUT2D eigenvalue weighted by Gasteiger charge is -2.29. The molecule has 34 heavy (non-hydrogen) atoms. The van der Waals surface area contributed by atoms with E-state index >= 15 is 0 Å². The number of hydrogen-bond donors (Lipinski definition) is 0. The molecule has 0 radical (unpaired) electrons. The average Bonchev–Trinajstić information content (AvgIpc) is 3.40. The van der Waals surface area contributed by atoms with Gasteiger partial charge in [-0.1, -0.05) is 0 Å². The molecule has 0 spiro atoms. The topological polar surface area (TPSA) is 95.3 Å². The third-order valence-electron chi connectivity index (χ3n) is 5.27. The fraction of sp³-hybridized carbons (Fsp3) is 0.286. The molecule has 0 bridgehead atoms. The van der Waals surface area contributed by atoms with Crippen molar-refractivity contribution in [1.82, 2.24) is 24.7 Å². The van der Waals surface area contributed by atoms with Crippen molar-refractivity contribution in [1.29, 1.82) is 0 Å². The summed E-state index contributed by atoms with van der Waals surface area (Å²) in [6, 6.07) is 8.34. The number of hydrogen-bond acceptors (Lipinski definition) is 9. The number of alkyl halides is 3. The number of halogens is 3. The van der Waals surface area contributed by atoms with E-state index in [9.17, 15) is 18.0 Å². The van der Waals surface area contributed by atoms with Crippen molar-refractivity contribution in [3.05, 3.63) is 52.4 Å². The van der Waals surface area contributed by atoms with Crippen LogP contribution in [0, 0.1) is 6.92 Å². The molecule has 0 amide bonds. The zero-order valence-corrected chi connectivity index (χ0v) is 18.8. The second kappa shape index (κ2) is 8.24. The zero-order chi connectivity index (χ0) is 24.0. The first-order valence-electron chi connectivity index (χ1n) is 10.1. The molecule has 1 aliphatic rings. The zero-order valence-electron chi connectivity index (χ0n) is 18.0. The van der Waals surface area contributed by atoms with Crippen LogP contribution in [0.2, 0.25) is 0 Å². The first kappa shape index (κ1) is 22.1. The van der Waals surface area contributed by atoms with E-state index in [-0.39, 0.29) is 31.5 Å². The highest BCUT2D eigenvalue weighted by molar-refractivity contribution is 7.18. The molecule has 3 aromatic heterocycles. The average molecular weight is 490 g/mol. The Hall–Kier alpha value is -3.74. The van der Waals surface area contributed by atoms with Crippen LogP contribution in [0.5, 0.6) is 11.8 Å². The van der Waals surface area contributed by atoms with Crippen molar-refractivity contribution in [2.45, 2.75) is 26.2 Å². The second-order valence-corrected chi connectivity index (χ2v) is 8.77. The molecule has 0 saturated carbocycles. The van der Waals surface area contributed by atoms with Gasteiger partial charge in [0.25, 0.3) is 0 Å². The van der Waals surface area contributed by atoms with Crippen molar-refractivity contribution in [2.75, 3.05) is 18.6 Å². The smallest absolute Gasteiger partial charge is 0.451 e. The number of benzene rings is 1. The fourth-order valence-corrected chi connectivity index (χ4v) is 4.59. The molecular formula is C21H17F3N6O3S. The van der Waals surface area contributed by atoms with E-state index in [4.69, 9.17) is 9.47 Å². The molecule has 0 aliphatic carbocycles. The number of aromatic nitrogens is 5. The highest BCUT2D eigenvalue weighted by Gasteiger charge is 2.39. The normalized spacial score (nSPS) is 13.7. The van der Waals surface area contributed by atoms with Gasteiger partial charge >= 0.3 is 18.2 Å². The van der Waals surface area contributed by atoms with Gasteiger partial charge in [-0.15, -0.1) is 21.5 Å². The highest BCUT2D eigenvalue weighted by atomic mass is 32.1. The summed E-state index contributed by atoms with van der Waals surface area (Å²) in [7, 11) is 1.30. The minimum absolute atomic E-state index is 0.0664. The summed E-state index contributed by atoms with van der Waals surface area (Å²) in [5.41, 5.74) is 0.372. The largest absolute Gasteiger partial charge is 0.465 e. The molecule has 0 N–H and O–H groups in total. The number of fused-ring (bicyclic) bond motifs is 2. The van der Waals surface area contributed by atoms with Crippen LogP contribution in [0.1, 0.15) is 26.9 Å². The molecule has 1 aliphatic heterocycles. The molecule has 13 heteroatoms. The maximum atomic E-state index is 13.2. The van der Waals surface area contributed by atoms with E-state index in [0.29, 0.717) is 22.0 Å². The SMILES string of the molecule is COC(=O)c1ccc(Oc2nc(N3CCn4c(nnc4C(F)(F)F)C3)c3cc(C)sc3n2)cc1. The van der Waals surface area contributed by atoms with Crippen LogP contribution in [0.25, 0.3) is 10.2 Å². The number of aryl methyl sites for hydroxylation is 1. The number of ether oxygens (including phenoxy) is 2. The van der Waals surface area contributed by atoms with Crippen LogP contribution in [0.15, 0.2) is 30.3 Å². The number of rotatable bonds is 4. The fourth-order valence-electron chi connectivity index (χ4n) is 3.73. The quantitative estimate of drug-likeness (QED) is 0.393. The first-order chi connectivity index (χ1) is 16.2. The summed E-state index contributed by atoms with van der Waals surface area (Å²) in [5, 5.41) is 7.86. The Labute approximate surface area is 194 Å². The number of thiophene rings is 1. The van der Waals surface area contributed by atoms with Crippen LogP contribution in [-0.4, -0.2) is 44.4 Å². The molecule has 0 atom stereocenters. The molecule has 9 nitrogen and oxygen atoms in total. The first-order valence-corrected chi connectivity index (χ1v) is 10.9. The summed E-state index contributed by atoms with van der Waals surface area (Å²) in [4.78, 5) is 24.2. The van der Waals surface area contributed by atoms with Gasteiger partial charge in [0.2, 0.25) is 5.82 Å². The third kappa shape index (κ3) is 4.02. The molecule has 4 aromatic rings. The van der Waals surface area contributed by atoms with Gasteiger partial charge in [0.1, 0.15) is 16.4 Å². The molecule has 1 aromatic carbocycles. The van der Waals surface area contributed by atoms with Gasteiger partial charge < -0.3 is 18.9 Å². The van der Waals surface area contributed by atoms with Gasteiger partial charge in [0.05, 0.1) is 24.6 Å². The van der Waals surface area contributed by atoms with Crippen molar-refractivity contribution >= 4 is 33.3 Å². The molecular weight excluding hydrogens is 473 g/mol. The molecule has 176 valence electrons. The Morgan fingerprint density at radius 1 is 1.12 bits per heavy atom. The van der Waals surface area contributed by atoms with Gasteiger partial charge in [-0.25, -0.2) is 4.79 Å². The van der Waals surface area contributed by atoms with E-state index < -0.39 is 18.0 Å². The number of carbonyl (C=O) groups is 1.